The van der Waals surface area contributed by atoms with Crippen molar-refractivity contribution < 1.29 is 19.4 Å². The van der Waals surface area contributed by atoms with Crippen LogP contribution in [-0.4, -0.2) is 28.9 Å². The lowest BCUT2D eigenvalue weighted by molar-refractivity contribution is 0.0693. The molecule has 6 heteroatoms. The third-order valence-corrected chi connectivity index (χ3v) is 8.50. The Bertz CT molecular complexity index is 1220. The summed E-state index contributed by atoms with van der Waals surface area (Å²) in [6.07, 6.45) is 7.29. The van der Waals surface area contributed by atoms with Crippen molar-refractivity contribution in [1.29, 1.82) is 0 Å². The van der Waals surface area contributed by atoms with Gasteiger partial charge in [0.1, 0.15) is 18.8 Å². The second-order valence-corrected chi connectivity index (χ2v) is 11.1. The number of benzene rings is 1. The minimum absolute atomic E-state index is 0.0423. The number of carboxylic acids is 1. The molecule has 2 saturated carbocycles. The molecular weight excluding hydrogens is 418 g/mol. The van der Waals surface area contributed by atoms with Crippen LogP contribution >= 0.6 is 0 Å². The molecule has 6 nitrogen and oxygen atoms in total. The molecule has 1 aromatic heterocycles. The van der Waals surface area contributed by atoms with E-state index in [1.54, 1.807) is 6.20 Å². The number of hydrogen-bond donors (Lipinski definition) is 1. The maximum absolute atomic E-state index is 12.8. The van der Waals surface area contributed by atoms with E-state index in [0.717, 1.165) is 47.6 Å². The van der Waals surface area contributed by atoms with Crippen molar-refractivity contribution in [2.75, 3.05) is 13.2 Å². The van der Waals surface area contributed by atoms with Crippen LogP contribution in [0.5, 0.6) is 11.5 Å². The van der Waals surface area contributed by atoms with Gasteiger partial charge in [0.05, 0.1) is 5.69 Å². The summed E-state index contributed by atoms with van der Waals surface area (Å²) in [7, 11) is 0. The first kappa shape index (κ1) is 20.8. The van der Waals surface area contributed by atoms with Crippen LogP contribution in [0.4, 0.5) is 0 Å². The number of rotatable bonds is 2. The number of aromatic nitrogens is 1. The van der Waals surface area contributed by atoms with Gasteiger partial charge >= 0.3 is 5.97 Å². The van der Waals surface area contributed by atoms with Gasteiger partial charge < -0.3 is 19.1 Å². The quantitative estimate of drug-likeness (QED) is 0.669. The van der Waals surface area contributed by atoms with Crippen LogP contribution in [0.15, 0.2) is 23.1 Å². The highest BCUT2D eigenvalue weighted by Gasteiger charge is 2.53. The molecule has 2 aliphatic heterocycles. The second kappa shape index (κ2) is 7.12. The highest BCUT2D eigenvalue weighted by Crippen LogP contribution is 2.64. The van der Waals surface area contributed by atoms with E-state index in [9.17, 15) is 14.7 Å². The van der Waals surface area contributed by atoms with Gasteiger partial charge in [0.15, 0.2) is 16.9 Å². The van der Waals surface area contributed by atoms with Gasteiger partial charge in [0.25, 0.3) is 0 Å². The van der Waals surface area contributed by atoms with Crippen LogP contribution in [0.25, 0.3) is 11.3 Å². The number of fused-ring (bicyclic) bond motifs is 8. The lowest BCUT2D eigenvalue weighted by atomic mass is 9.75. The summed E-state index contributed by atoms with van der Waals surface area (Å²) in [6, 6.07) is 3.81. The van der Waals surface area contributed by atoms with E-state index in [-0.39, 0.29) is 22.9 Å². The maximum Gasteiger partial charge on any atom is 0.341 e. The van der Waals surface area contributed by atoms with Crippen LogP contribution in [0, 0.1) is 11.3 Å². The van der Waals surface area contributed by atoms with Crippen molar-refractivity contribution >= 4 is 5.97 Å². The van der Waals surface area contributed by atoms with Crippen molar-refractivity contribution in [3.63, 3.8) is 0 Å². The van der Waals surface area contributed by atoms with Crippen LogP contribution in [0.3, 0.4) is 0 Å². The van der Waals surface area contributed by atoms with Gasteiger partial charge in [0.2, 0.25) is 0 Å². The summed E-state index contributed by atoms with van der Waals surface area (Å²) >= 11 is 0. The van der Waals surface area contributed by atoms with E-state index in [1.165, 1.54) is 24.5 Å². The normalized spacial score (nSPS) is 27.1. The first-order chi connectivity index (χ1) is 15.8. The van der Waals surface area contributed by atoms with Crippen molar-refractivity contribution in [1.82, 2.24) is 4.57 Å². The van der Waals surface area contributed by atoms with Crippen molar-refractivity contribution in [2.45, 2.75) is 70.8 Å². The average Bonchev–Trinajstić information content (AvgIpc) is 3.38. The van der Waals surface area contributed by atoms with Crippen molar-refractivity contribution in [2.24, 2.45) is 11.3 Å². The molecule has 1 aromatic carbocycles. The van der Waals surface area contributed by atoms with Crippen LogP contribution < -0.4 is 14.9 Å². The van der Waals surface area contributed by atoms with Crippen LogP contribution in [0.2, 0.25) is 0 Å². The zero-order valence-electron chi connectivity index (χ0n) is 19.5. The van der Waals surface area contributed by atoms with Crippen LogP contribution in [-0.2, 0) is 0 Å². The lowest BCUT2D eigenvalue weighted by Gasteiger charge is -2.42. The third kappa shape index (κ3) is 2.92. The molecule has 4 aliphatic rings. The van der Waals surface area contributed by atoms with Gasteiger partial charge in [-0.25, -0.2) is 4.79 Å². The fraction of sp³-hybridized carbons (Fsp3) is 0.556. The Labute approximate surface area is 193 Å². The molecule has 6 rings (SSSR count). The van der Waals surface area contributed by atoms with Gasteiger partial charge in [-0.05, 0) is 42.6 Å². The highest BCUT2D eigenvalue weighted by molar-refractivity contribution is 5.88. The first-order valence-electron chi connectivity index (χ1n) is 12.2. The lowest BCUT2D eigenvalue weighted by Crippen LogP contribution is -2.33. The summed E-state index contributed by atoms with van der Waals surface area (Å²) < 4.78 is 14.7. The van der Waals surface area contributed by atoms with E-state index in [2.05, 4.69) is 31.4 Å². The summed E-state index contributed by atoms with van der Waals surface area (Å²) in [5, 5.41) is 9.68. The van der Waals surface area contributed by atoms with Crippen LogP contribution in [0.1, 0.15) is 92.2 Å². The summed E-state index contributed by atoms with van der Waals surface area (Å²) in [5.74, 6) is 1.58. The number of carbonyl (C=O) groups is 1. The molecule has 174 valence electrons. The van der Waals surface area contributed by atoms with E-state index in [1.807, 2.05) is 0 Å². The van der Waals surface area contributed by atoms with Crippen molar-refractivity contribution in [3.05, 3.63) is 45.2 Å². The van der Waals surface area contributed by atoms with E-state index in [0.29, 0.717) is 25.0 Å². The van der Waals surface area contributed by atoms with Gasteiger partial charge in [-0.1, -0.05) is 33.6 Å². The Kier molecular flexibility index (Phi) is 4.49. The Morgan fingerprint density at radius 2 is 1.82 bits per heavy atom. The molecule has 0 spiro atoms. The van der Waals surface area contributed by atoms with Gasteiger partial charge in [0, 0.05) is 40.9 Å². The number of aromatic carboxylic acids is 1. The van der Waals surface area contributed by atoms with E-state index < -0.39 is 11.4 Å². The van der Waals surface area contributed by atoms with Gasteiger partial charge in [-0.15, -0.1) is 0 Å². The monoisotopic (exact) mass is 449 g/mol. The Morgan fingerprint density at radius 1 is 1.12 bits per heavy atom. The number of carboxylic acid groups (broad SMARTS) is 1. The Morgan fingerprint density at radius 3 is 2.52 bits per heavy atom. The predicted molar refractivity (Wildman–Crippen MR) is 125 cm³/mol. The highest BCUT2D eigenvalue weighted by atomic mass is 16.6. The minimum atomic E-state index is -1.17. The maximum atomic E-state index is 12.8. The molecule has 1 N–H and O–H groups in total. The molecule has 0 radical (unpaired) electrons. The largest absolute Gasteiger partial charge is 0.486 e. The first-order valence-corrected chi connectivity index (χ1v) is 12.2. The molecule has 33 heavy (non-hydrogen) atoms. The molecule has 2 fully saturated rings. The fourth-order valence-corrected chi connectivity index (χ4v) is 7.36. The predicted octanol–water partition coefficient (Wildman–Crippen LogP) is 5.35. The van der Waals surface area contributed by atoms with E-state index >= 15 is 0 Å². The van der Waals surface area contributed by atoms with Gasteiger partial charge in [-0.2, -0.15) is 0 Å². The summed E-state index contributed by atoms with van der Waals surface area (Å²) in [5.41, 5.74) is 3.49. The zero-order chi connectivity index (χ0) is 23.1. The number of nitrogens with zero attached hydrogens (tertiary/aromatic N) is 1. The summed E-state index contributed by atoms with van der Waals surface area (Å²) in [4.78, 5) is 24.7. The molecule has 3 atom stereocenters. The zero-order valence-corrected chi connectivity index (χ0v) is 19.5. The molecular formula is C27H31NO5. The Hall–Kier alpha value is -2.76. The smallest absolute Gasteiger partial charge is 0.341 e. The SMILES string of the molecule is CC1CC(C)(C)[C@@H]2[C@H]1c1c(cc(C3CCCC3)c3c1OCCO3)-c1cc(=O)c(C(=O)O)cn12. The number of hydrogen-bond acceptors (Lipinski definition) is 4. The van der Waals surface area contributed by atoms with Crippen molar-refractivity contribution in [3.8, 4) is 22.8 Å². The molecule has 2 aliphatic carbocycles. The Balaban J connectivity index is 1.69. The fourth-order valence-electron chi connectivity index (χ4n) is 7.36. The molecule has 0 amide bonds. The summed E-state index contributed by atoms with van der Waals surface area (Å²) in [6.45, 7) is 7.85. The minimum Gasteiger partial charge on any atom is -0.486 e. The van der Waals surface area contributed by atoms with Gasteiger partial charge in [-0.3, -0.25) is 4.79 Å². The van der Waals surface area contributed by atoms with E-state index in [4.69, 9.17) is 9.47 Å². The molecule has 3 heterocycles. The number of ether oxygens (including phenoxy) is 2. The topological polar surface area (TPSA) is 77.8 Å². The molecule has 2 aromatic rings. The molecule has 0 bridgehead atoms. The molecule has 1 unspecified atom stereocenters. The molecule has 0 saturated heterocycles. The third-order valence-electron chi connectivity index (χ3n) is 8.50. The second-order valence-electron chi connectivity index (χ2n) is 11.1. The average molecular weight is 450 g/mol. The standard InChI is InChI=1S/C27H31NO5/c1-14-12-27(2,3)25-21(14)22-17(19-11-20(29)18(26(30)31)13-28(19)25)10-16(15-6-4-5-7-15)23-24(22)33-9-8-32-23/h10-11,13-15,21,25H,4-9,12H2,1-3H3,(H,30,31)/t14?,21-,25+/m1/s1. The number of pyridine rings is 1.